The summed E-state index contributed by atoms with van der Waals surface area (Å²) >= 11 is 0. The van der Waals surface area contributed by atoms with E-state index in [0.29, 0.717) is 12.2 Å². The fraction of sp³-hybridized carbons (Fsp3) is 1.00. The molecule has 2 nitrogen and oxygen atoms in total. The fourth-order valence-electron chi connectivity index (χ4n) is 3.74. The van der Waals surface area contributed by atoms with Crippen LogP contribution in [0.25, 0.3) is 0 Å². The Balaban J connectivity index is 1.85. The van der Waals surface area contributed by atoms with Gasteiger partial charge in [0.2, 0.25) is 0 Å². The van der Waals surface area contributed by atoms with E-state index in [1.165, 1.54) is 0 Å². The van der Waals surface area contributed by atoms with E-state index < -0.39 is 22.9 Å². The second-order valence-corrected chi connectivity index (χ2v) is 8.43. The smallest absolute Gasteiger partial charge is 0.311 e. The Hall–Kier alpha value is -0.100. The summed E-state index contributed by atoms with van der Waals surface area (Å²) in [6.07, 6.45) is 1.80. The third-order valence-corrected chi connectivity index (χ3v) is 6.63. The standard InChI is InChI=1S/C15H26F3NOS/c1-2-21(20)14-8-4-7-13(10-14)19-12-6-3-5-11(9-12)15(16,17)18/h11-14,19H,2-10H2,1H3/t11-,12+,13-,14+,21+/m0/s1. The monoisotopic (exact) mass is 325 g/mol. The van der Waals surface area contributed by atoms with Crippen molar-refractivity contribution in [1.82, 2.24) is 5.32 Å². The van der Waals surface area contributed by atoms with E-state index >= 15 is 0 Å². The Morgan fingerprint density at radius 1 is 1.05 bits per heavy atom. The van der Waals surface area contributed by atoms with Crippen LogP contribution in [0.15, 0.2) is 0 Å². The number of alkyl halides is 3. The van der Waals surface area contributed by atoms with Crippen molar-refractivity contribution in [3.8, 4) is 0 Å². The quantitative estimate of drug-likeness (QED) is 0.852. The van der Waals surface area contributed by atoms with Gasteiger partial charge in [0, 0.05) is 33.9 Å². The molecule has 6 heteroatoms. The van der Waals surface area contributed by atoms with Gasteiger partial charge >= 0.3 is 6.18 Å². The molecular weight excluding hydrogens is 299 g/mol. The van der Waals surface area contributed by atoms with Crippen molar-refractivity contribution in [3.05, 3.63) is 0 Å². The highest BCUT2D eigenvalue weighted by Gasteiger charge is 2.42. The molecule has 0 aromatic heterocycles. The van der Waals surface area contributed by atoms with Crippen molar-refractivity contribution >= 4 is 10.8 Å². The number of nitrogens with one attached hydrogen (secondary N) is 1. The average Bonchev–Trinajstić information content (AvgIpc) is 2.46. The van der Waals surface area contributed by atoms with Crippen LogP contribution in [0, 0.1) is 5.92 Å². The molecule has 0 aromatic carbocycles. The summed E-state index contributed by atoms with van der Waals surface area (Å²) in [4.78, 5) is 0. The maximum Gasteiger partial charge on any atom is 0.391 e. The second-order valence-electron chi connectivity index (χ2n) is 6.42. The van der Waals surface area contributed by atoms with Gasteiger partial charge in [-0.25, -0.2) is 0 Å². The van der Waals surface area contributed by atoms with Gasteiger partial charge in [0.15, 0.2) is 0 Å². The zero-order valence-corrected chi connectivity index (χ0v) is 13.4. The molecule has 2 aliphatic rings. The van der Waals surface area contributed by atoms with Crippen LogP contribution in [-0.4, -0.2) is 33.5 Å². The third kappa shape index (κ3) is 4.95. The lowest BCUT2D eigenvalue weighted by Gasteiger charge is -2.36. The zero-order chi connectivity index (χ0) is 15.5. The molecule has 2 saturated carbocycles. The molecule has 0 aromatic rings. The molecule has 0 radical (unpaired) electrons. The minimum atomic E-state index is -4.06. The minimum Gasteiger partial charge on any atom is -0.311 e. The number of rotatable bonds is 4. The third-order valence-electron chi connectivity index (χ3n) is 4.89. The Kier molecular flexibility index (Phi) is 6.12. The van der Waals surface area contributed by atoms with Crippen molar-refractivity contribution < 1.29 is 17.4 Å². The first-order chi connectivity index (χ1) is 9.90. The van der Waals surface area contributed by atoms with Gasteiger partial charge < -0.3 is 5.32 Å². The molecule has 0 saturated heterocycles. The van der Waals surface area contributed by atoms with Crippen molar-refractivity contribution in [2.75, 3.05) is 5.75 Å². The van der Waals surface area contributed by atoms with Gasteiger partial charge in [-0.1, -0.05) is 19.8 Å². The molecule has 2 fully saturated rings. The molecule has 0 amide bonds. The Labute approximate surface area is 127 Å². The van der Waals surface area contributed by atoms with E-state index in [2.05, 4.69) is 5.32 Å². The molecule has 0 unspecified atom stereocenters. The molecule has 21 heavy (non-hydrogen) atoms. The van der Waals surface area contributed by atoms with Crippen LogP contribution in [-0.2, 0) is 10.8 Å². The fourth-order valence-corrected chi connectivity index (χ4v) is 5.09. The number of hydrogen-bond donors (Lipinski definition) is 1. The minimum absolute atomic E-state index is 0.0239. The van der Waals surface area contributed by atoms with Gasteiger partial charge in [-0.05, 0) is 38.5 Å². The van der Waals surface area contributed by atoms with Crippen LogP contribution in [0.4, 0.5) is 13.2 Å². The molecule has 2 rings (SSSR count). The molecule has 0 heterocycles. The van der Waals surface area contributed by atoms with E-state index in [9.17, 15) is 17.4 Å². The summed E-state index contributed by atoms with van der Waals surface area (Å²) in [5.74, 6) is -0.468. The van der Waals surface area contributed by atoms with E-state index in [-0.39, 0.29) is 30.2 Å². The largest absolute Gasteiger partial charge is 0.391 e. The molecule has 0 bridgehead atoms. The Morgan fingerprint density at radius 2 is 1.67 bits per heavy atom. The Morgan fingerprint density at radius 3 is 2.29 bits per heavy atom. The van der Waals surface area contributed by atoms with Gasteiger partial charge in [0.1, 0.15) is 0 Å². The summed E-state index contributed by atoms with van der Waals surface area (Å²) in [5, 5.41) is 3.66. The lowest BCUT2D eigenvalue weighted by atomic mass is 9.84. The summed E-state index contributed by atoms with van der Waals surface area (Å²) in [6.45, 7) is 1.93. The van der Waals surface area contributed by atoms with Gasteiger partial charge in [0.05, 0.1) is 5.92 Å². The second kappa shape index (κ2) is 7.44. The van der Waals surface area contributed by atoms with Gasteiger partial charge in [-0.3, -0.25) is 4.21 Å². The van der Waals surface area contributed by atoms with Crippen molar-refractivity contribution in [3.63, 3.8) is 0 Å². The topological polar surface area (TPSA) is 29.1 Å². The van der Waals surface area contributed by atoms with Crippen LogP contribution in [0.5, 0.6) is 0 Å². The lowest BCUT2D eigenvalue weighted by Crippen LogP contribution is -2.46. The van der Waals surface area contributed by atoms with Crippen LogP contribution >= 0.6 is 0 Å². The summed E-state index contributed by atoms with van der Waals surface area (Å²) in [6, 6.07) is 0.223. The number of halogens is 3. The highest BCUT2D eigenvalue weighted by Crippen LogP contribution is 2.38. The predicted octanol–water partition coefficient (Wildman–Crippen LogP) is 3.78. The zero-order valence-electron chi connectivity index (χ0n) is 12.6. The van der Waals surface area contributed by atoms with Crippen LogP contribution < -0.4 is 5.32 Å². The van der Waals surface area contributed by atoms with Crippen LogP contribution in [0.1, 0.15) is 58.3 Å². The average molecular weight is 325 g/mol. The first-order valence-corrected chi connectivity index (χ1v) is 9.48. The maximum absolute atomic E-state index is 12.8. The maximum atomic E-state index is 12.8. The van der Waals surface area contributed by atoms with Gasteiger partial charge in [-0.2, -0.15) is 13.2 Å². The van der Waals surface area contributed by atoms with Crippen molar-refractivity contribution in [2.24, 2.45) is 5.92 Å². The molecular formula is C15H26F3NOS. The van der Waals surface area contributed by atoms with Crippen molar-refractivity contribution in [2.45, 2.75) is 81.8 Å². The predicted molar refractivity (Wildman–Crippen MR) is 79.7 cm³/mol. The van der Waals surface area contributed by atoms with E-state index in [1.807, 2.05) is 6.92 Å². The molecule has 0 aliphatic heterocycles. The molecule has 2 aliphatic carbocycles. The van der Waals surface area contributed by atoms with E-state index in [4.69, 9.17) is 0 Å². The van der Waals surface area contributed by atoms with Crippen LogP contribution in [0.2, 0.25) is 0 Å². The number of hydrogen-bond acceptors (Lipinski definition) is 2. The first-order valence-electron chi connectivity index (χ1n) is 8.10. The van der Waals surface area contributed by atoms with Crippen LogP contribution in [0.3, 0.4) is 0 Å². The molecule has 124 valence electrons. The molecule has 1 N–H and O–H groups in total. The van der Waals surface area contributed by atoms with Gasteiger partial charge in [0.25, 0.3) is 0 Å². The normalized spacial score (nSPS) is 36.4. The highest BCUT2D eigenvalue weighted by atomic mass is 32.2. The van der Waals surface area contributed by atoms with E-state index in [0.717, 1.165) is 32.1 Å². The summed E-state index contributed by atoms with van der Waals surface area (Å²) in [7, 11) is -0.782. The summed E-state index contributed by atoms with van der Waals surface area (Å²) < 4.78 is 50.4. The van der Waals surface area contributed by atoms with E-state index in [1.54, 1.807) is 0 Å². The SMILES string of the molecule is CC[S@@](=O)[C@@H]1CCC[C@H](N[C@@H]2CCC[C@H](C(F)(F)F)C2)C1. The molecule has 0 spiro atoms. The highest BCUT2D eigenvalue weighted by molar-refractivity contribution is 7.85. The summed E-state index contributed by atoms with van der Waals surface area (Å²) in [5.41, 5.74) is 0. The van der Waals surface area contributed by atoms with Gasteiger partial charge in [-0.15, -0.1) is 0 Å². The molecule has 5 atom stereocenters. The lowest BCUT2D eigenvalue weighted by molar-refractivity contribution is -0.183. The Bertz CT molecular complexity index is 361. The van der Waals surface area contributed by atoms with Crippen molar-refractivity contribution in [1.29, 1.82) is 0 Å². The first kappa shape index (κ1) is 17.3.